The maximum Gasteiger partial charge on any atom is 0.270 e. The van der Waals surface area contributed by atoms with Gasteiger partial charge in [0.05, 0.1) is 13.2 Å². The molecule has 0 unspecified atom stereocenters. The molecule has 1 fully saturated rings. The van der Waals surface area contributed by atoms with E-state index >= 15 is 0 Å². The second-order valence-corrected chi connectivity index (χ2v) is 5.80. The molecular weight excluding hydrogens is 301 g/mol. The zero-order chi connectivity index (χ0) is 16.6. The van der Waals surface area contributed by atoms with Crippen LogP contribution < -0.4 is 5.32 Å². The molecule has 2 amide bonds. The van der Waals surface area contributed by atoms with Crippen LogP contribution in [0.25, 0.3) is 10.9 Å². The average Bonchev–Trinajstić information content (AvgIpc) is 2.96. The fourth-order valence-corrected chi connectivity index (χ4v) is 2.83. The molecule has 6 nitrogen and oxygen atoms in total. The lowest BCUT2D eigenvalue weighted by Gasteiger charge is -2.38. The Labute approximate surface area is 132 Å². The standard InChI is InChI=1S/C16H18FN3O3/c1-16(15(22)18-2)9-20(5-6-23-16)14(21)13-8-10-7-11(17)3-4-12(10)19-13/h3-4,7-8,19H,5-6,9H2,1-2H3,(H,18,22)/t16-/m0/s1. The van der Waals surface area contributed by atoms with Gasteiger partial charge >= 0.3 is 0 Å². The van der Waals surface area contributed by atoms with Gasteiger partial charge in [0.2, 0.25) is 0 Å². The van der Waals surface area contributed by atoms with Gasteiger partial charge < -0.3 is 19.9 Å². The van der Waals surface area contributed by atoms with E-state index in [1.807, 2.05) is 0 Å². The number of halogens is 1. The Bertz CT molecular complexity index is 773. The van der Waals surface area contributed by atoms with Gasteiger partial charge in [-0.1, -0.05) is 0 Å². The summed E-state index contributed by atoms with van der Waals surface area (Å²) in [5.74, 6) is -0.859. The van der Waals surface area contributed by atoms with Crippen LogP contribution in [-0.4, -0.2) is 54.0 Å². The fourth-order valence-electron chi connectivity index (χ4n) is 2.83. The van der Waals surface area contributed by atoms with Gasteiger partial charge in [-0.05, 0) is 31.2 Å². The van der Waals surface area contributed by atoms with E-state index in [9.17, 15) is 14.0 Å². The molecule has 2 N–H and O–H groups in total. The molecular formula is C16H18FN3O3. The Balaban J connectivity index is 1.85. The molecule has 7 heteroatoms. The Morgan fingerprint density at radius 2 is 2.17 bits per heavy atom. The molecule has 1 saturated heterocycles. The third kappa shape index (κ3) is 2.79. The largest absolute Gasteiger partial charge is 0.362 e. The molecule has 1 atom stereocenters. The van der Waals surface area contributed by atoms with Crippen LogP contribution in [0.4, 0.5) is 4.39 Å². The third-order valence-electron chi connectivity index (χ3n) is 4.08. The van der Waals surface area contributed by atoms with Crippen LogP contribution in [0.1, 0.15) is 17.4 Å². The molecule has 0 spiro atoms. The van der Waals surface area contributed by atoms with Crippen molar-refractivity contribution in [2.24, 2.45) is 0 Å². The summed E-state index contributed by atoms with van der Waals surface area (Å²) in [5, 5.41) is 3.19. The van der Waals surface area contributed by atoms with Gasteiger partial charge in [-0.2, -0.15) is 0 Å². The van der Waals surface area contributed by atoms with Crippen molar-refractivity contribution < 1.29 is 18.7 Å². The van der Waals surface area contributed by atoms with Crippen LogP contribution in [0.5, 0.6) is 0 Å². The first-order valence-electron chi connectivity index (χ1n) is 7.37. The van der Waals surface area contributed by atoms with Crippen molar-refractivity contribution in [3.8, 4) is 0 Å². The highest BCUT2D eigenvalue weighted by Crippen LogP contribution is 2.22. The number of hydrogen-bond acceptors (Lipinski definition) is 3. The van der Waals surface area contributed by atoms with Gasteiger partial charge in [0.1, 0.15) is 11.5 Å². The summed E-state index contributed by atoms with van der Waals surface area (Å²) in [4.78, 5) is 29.2. The second-order valence-electron chi connectivity index (χ2n) is 5.80. The monoisotopic (exact) mass is 319 g/mol. The van der Waals surface area contributed by atoms with E-state index in [2.05, 4.69) is 10.3 Å². The van der Waals surface area contributed by atoms with Crippen molar-refractivity contribution in [3.05, 3.63) is 35.8 Å². The maximum absolute atomic E-state index is 13.3. The first kappa shape index (κ1) is 15.5. The van der Waals surface area contributed by atoms with Crippen molar-refractivity contribution in [2.75, 3.05) is 26.7 Å². The Morgan fingerprint density at radius 3 is 2.91 bits per heavy atom. The highest BCUT2D eigenvalue weighted by molar-refractivity contribution is 5.98. The van der Waals surface area contributed by atoms with E-state index in [0.717, 1.165) is 0 Å². The molecule has 1 aromatic heterocycles. The molecule has 0 saturated carbocycles. The van der Waals surface area contributed by atoms with Gasteiger partial charge in [0.25, 0.3) is 11.8 Å². The predicted molar refractivity (Wildman–Crippen MR) is 82.6 cm³/mol. The zero-order valence-electron chi connectivity index (χ0n) is 13.0. The Hall–Kier alpha value is -2.41. The van der Waals surface area contributed by atoms with Crippen molar-refractivity contribution in [1.82, 2.24) is 15.2 Å². The molecule has 1 aromatic carbocycles. The molecule has 2 aromatic rings. The zero-order valence-corrected chi connectivity index (χ0v) is 13.0. The van der Waals surface area contributed by atoms with Gasteiger partial charge in [0, 0.05) is 24.5 Å². The molecule has 122 valence electrons. The van der Waals surface area contributed by atoms with Crippen LogP contribution >= 0.6 is 0 Å². The summed E-state index contributed by atoms with van der Waals surface area (Å²) in [6.07, 6.45) is 0. The summed E-state index contributed by atoms with van der Waals surface area (Å²) in [6, 6.07) is 5.92. The molecule has 0 bridgehead atoms. The van der Waals surface area contributed by atoms with Crippen molar-refractivity contribution in [1.29, 1.82) is 0 Å². The number of amides is 2. The molecule has 2 heterocycles. The van der Waals surface area contributed by atoms with Crippen molar-refractivity contribution in [2.45, 2.75) is 12.5 Å². The van der Waals surface area contributed by atoms with E-state index in [1.165, 1.54) is 19.2 Å². The van der Waals surface area contributed by atoms with Crippen LogP contribution in [0.3, 0.4) is 0 Å². The van der Waals surface area contributed by atoms with E-state index in [1.54, 1.807) is 24.0 Å². The first-order valence-corrected chi connectivity index (χ1v) is 7.37. The van der Waals surface area contributed by atoms with Gasteiger partial charge in [-0.25, -0.2) is 4.39 Å². The second kappa shape index (κ2) is 5.66. The van der Waals surface area contributed by atoms with Crippen LogP contribution in [0.2, 0.25) is 0 Å². The quantitative estimate of drug-likeness (QED) is 0.876. The van der Waals surface area contributed by atoms with Crippen molar-refractivity contribution >= 4 is 22.7 Å². The maximum atomic E-state index is 13.3. The number of benzene rings is 1. The third-order valence-corrected chi connectivity index (χ3v) is 4.08. The number of H-pyrrole nitrogens is 1. The number of nitrogens with one attached hydrogen (secondary N) is 2. The lowest BCUT2D eigenvalue weighted by molar-refractivity contribution is -0.153. The molecule has 0 aliphatic carbocycles. The van der Waals surface area contributed by atoms with Gasteiger partial charge in [-0.3, -0.25) is 9.59 Å². The summed E-state index contributed by atoms with van der Waals surface area (Å²) in [5.41, 5.74) is -0.00957. The topological polar surface area (TPSA) is 74.4 Å². The lowest BCUT2D eigenvalue weighted by Crippen LogP contribution is -2.58. The van der Waals surface area contributed by atoms with Gasteiger partial charge in [-0.15, -0.1) is 0 Å². The number of carbonyl (C=O) groups is 2. The van der Waals surface area contributed by atoms with Gasteiger partial charge in [0.15, 0.2) is 5.60 Å². The summed E-state index contributed by atoms with van der Waals surface area (Å²) >= 11 is 0. The first-order chi connectivity index (χ1) is 10.9. The highest BCUT2D eigenvalue weighted by atomic mass is 19.1. The van der Waals surface area contributed by atoms with E-state index in [0.29, 0.717) is 23.1 Å². The lowest BCUT2D eigenvalue weighted by atomic mass is 10.0. The molecule has 1 aliphatic rings. The summed E-state index contributed by atoms with van der Waals surface area (Å²) in [6.45, 7) is 2.50. The highest BCUT2D eigenvalue weighted by Gasteiger charge is 2.40. The number of hydrogen-bond donors (Lipinski definition) is 2. The minimum atomic E-state index is -1.07. The number of rotatable bonds is 2. The number of likely N-dealkylation sites (N-methyl/N-ethyl adjacent to an activating group) is 1. The normalized spacial score (nSPS) is 21.4. The molecule has 1 aliphatic heterocycles. The average molecular weight is 319 g/mol. The Morgan fingerprint density at radius 1 is 1.39 bits per heavy atom. The SMILES string of the molecule is CNC(=O)[C@]1(C)CN(C(=O)c2cc3cc(F)ccc3[nH]2)CCO1. The fraction of sp³-hybridized carbons (Fsp3) is 0.375. The summed E-state index contributed by atoms with van der Waals surface area (Å²) in [7, 11) is 1.53. The van der Waals surface area contributed by atoms with Crippen LogP contribution in [0, 0.1) is 5.82 Å². The molecule has 3 rings (SSSR count). The number of aromatic nitrogens is 1. The number of aromatic amines is 1. The van der Waals surface area contributed by atoms with E-state index in [4.69, 9.17) is 4.74 Å². The minimum absolute atomic E-state index is 0.162. The van der Waals surface area contributed by atoms with Crippen LogP contribution in [-0.2, 0) is 9.53 Å². The number of ether oxygens (including phenoxy) is 1. The minimum Gasteiger partial charge on any atom is -0.362 e. The number of carbonyl (C=O) groups excluding carboxylic acids is 2. The Kier molecular flexibility index (Phi) is 3.81. The van der Waals surface area contributed by atoms with Crippen LogP contribution in [0.15, 0.2) is 24.3 Å². The van der Waals surface area contributed by atoms with Crippen molar-refractivity contribution in [3.63, 3.8) is 0 Å². The smallest absolute Gasteiger partial charge is 0.270 e. The predicted octanol–water partition coefficient (Wildman–Crippen LogP) is 1.28. The number of fused-ring (bicyclic) bond motifs is 1. The van der Waals surface area contributed by atoms with E-state index < -0.39 is 5.60 Å². The number of nitrogens with zero attached hydrogens (tertiary/aromatic N) is 1. The molecule has 23 heavy (non-hydrogen) atoms. The molecule has 0 radical (unpaired) electrons. The van der Waals surface area contributed by atoms with E-state index in [-0.39, 0.29) is 30.8 Å². The summed E-state index contributed by atoms with van der Waals surface area (Å²) < 4.78 is 18.8. The number of morpholine rings is 1.